The highest BCUT2D eigenvalue weighted by atomic mass is 16.7. The van der Waals surface area contributed by atoms with Crippen LogP contribution in [0.1, 0.15) is 39.7 Å². The molecule has 0 saturated carbocycles. The van der Waals surface area contributed by atoms with E-state index in [1.54, 1.807) is 36.5 Å². The van der Waals surface area contributed by atoms with Gasteiger partial charge in [-0.05, 0) is 86.0 Å². The van der Waals surface area contributed by atoms with E-state index >= 15 is 0 Å². The highest BCUT2D eigenvalue weighted by Gasteiger charge is 2.33. The molecular weight excluding hydrogens is 608 g/mol. The molecule has 3 aliphatic heterocycles. The zero-order valence-corrected chi connectivity index (χ0v) is 26.3. The monoisotopic (exact) mass is 640 g/mol. The van der Waals surface area contributed by atoms with Gasteiger partial charge in [-0.25, -0.2) is 14.8 Å². The number of hydrogen-bond acceptors (Lipinski definition) is 7. The number of carbonyl (C=O) groups excluding carboxylic acids is 2. The normalized spacial score (nSPS) is 16.4. The molecule has 0 unspecified atom stereocenters. The Balaban J connectivity index is 1.14. The van der Waals surface area contributed by atoms with Crippen LogP contribution in [0, 0.1) is 6.92 Å². The van der Waals surface area contributed by atoms with Gasteiger partial charge in [0.15, 0.2) is 11.5 Å². The third-order valence-corrected chi connectivity index (χ3v) is 8.87. The molecule has 3 amide bonds. The van der Waals surface area contributed by atoms with Crippen molar-refractivity contribution in [2.24, 2.45) is 0 Å². The van der Waals surface area contributed by atoms with Crippen molar-refractivity contribution in [3.63, 3.8) is 0 Å². The number of aryl methyl sites for hydroxylation is 1. The SMILES string of the molecule is Cc1cn2ccc(N(C(=O)N3C=CC=C(c4cc5c(cc4C(=O)N4Cc6ccccc6C[C@H]4C)OCO5)N3)c3ccc(O)cc3)cc2n1. The largest absolute Gasteiger partial charge is 0.508 e. The summed E-state index contributed by atoms with van der Waals surface area (Å²) in [6.07, 6.45) is 9.70. The average Bonchev–Trinajstić information content (AvgIpc) is 3.73. The second-order valence-corrected chi connectivity index (χ2v) is 12.1. The highest BCUT2D eigenvalue weighted by molar-refractivity contribution is 6.03. The Hall–Kier alpha value is -6.23. The summed E-state index contributed by atoms with van der Waals surface area (Å²) in [5.41, 5.74) is 9.79. The molecular formula is C37H32N6O5. The van der Waals surface area contributed by atoms with Crippen molar-refractivity contribution in [3.05, 3.63) is 131 Å². The quantitative estimate of drug-likeness (QED) is 0.237. The van der Waals surface area contributed by atoms with E-state index in [2.05, 4.69) is 29.5 Å². The number of amides is 3. The number of pyridine rings is 1. The summed E-state index contributed by atoms with van der Waals surface area (Å²) in [5, 5.41) is 11.4. The number of benzene rings is 3. The van der Waals surface area contributed by atoms with E-state index < -0.39 is 6.03 Å². The number of rotatable bonds is 4. The van der Waals surface area contributed by atoms with Gasteiger partial charge in [-0.1, -0.05) is 24.3 Å². The lowest BCUT2D eigenvalue weighted by Crippen LogP contribution is -2.46. The minimum atomic E-state index is -0.426. The van der Waals surface area contributed by atoms with Gasteiger partial charge in [0.25, 0.3) is 5.91 Å². The molecule has 2 N–H and O–H groups in total. The second-order valence-electron chi connectivity index (χ2n) is 12.1. The second kappa shape index (κ2) is 11.5. The first-order valence-corrected chi connectivity index (χ1v) is 15.7. The van der Waals surface area contributed by atoms with E-state index in [0.29, 0.717) is 51.9 Å². The zero-order chi connectivity index (χ0) is 32.9. The van der Waals surface area contributed by atoms with Gasteiger partial charge in [-0.2, -0.15) is 0 Å². The molecule has 3 aromatic carbocycles. The molecule has 48 heavy (non-hydrogen) atoms. The molecule has 0 spiro atoms. The predicted octanol–water partition coefficient (Wildman–Crippen LogP) is 6.30. The smallest absolute Gasteiger partial charge is 0.351 e. The van der Waals surface area contributed by atoms with Crippen molar-refractivity contribution in [2.45, 2.75) is 32.9 Å². The summed E-state index contributed by atoms with van der Waals surface area (Å²) in [4.78, 5) is 36.8. The van der Waals surface area contributed by atoms with E-state index in [1.807, 2.05) is 59.0 Å². The predicted molar refractivity (Wildman–Crippen MR) is 180 cm³/mol. The van der Waals surface area contributed by atoms with Crippen LogP contribution in [0.2, 0.25) is 0 Å². The van der Waals surface area contributed by atoms with Gasteiger partial charge in [0.2, 0.25) is 6.79 Å². The van der Waals surface area contributed by atoms with Gasteiger partial charge < -0.3 is 23.9 Å². The Bertz CT molecular complexity index is 2150. The number of hydrazine groups is 1. The molecule has 0 radical (unpaired) electrons. The fourth-order valence-corrected chi connectivity index (χ4v) is 6.45. The number of allylic oxidation sites excluding steroid dienone is 2. The molecule has 0 aliphatic carbocycles. The number of nitrogens with zero attached hydrogens (tertiary/aromatic N) is 5. The molecule has 1 atom stereocenters. The van der Waals surface area contributed by atoms with Gasteiger partial charge in [0.05, 0.1) is 28.3 Å². The maximum atomic E-state index is 14.4. The zero-order valence-electron chi connectivity index (χ0n) is 26.3. The van der Waals surface area contributed by atoms with Crippen molar-refractivity contribution in [2.75, 3.05) is 11.7 Å². The number of aromatic nitrogens is 2. The van der Waals surface area contributed by atoms with Crippen LogP contribution in [0.25, 0.3) is 11.3 Å². The maximum Gasteiger partial charge on any atom is 0.351 e. The van der Waals surface area contributed by atoms with Crippen molar-refractivity contribution in [1.82, 2.24) is 24.7 Å². The van der Waals surface area contributed by atoms with Crippen molar-refractivity contribution < 1.29 is 24.2 Å². The summed E-state index contributed by atoms with van der Waals surface area (Å²) in [6, 6.07) is 21.3. The fraction of sp³-hybridized carbons (Fsp3) is 0.162. The number of anilines is 2. The number of ether oxygens (including phenoxy) is 2. The minimum Gasteiger partial charge on any atom is -0.508 e. The molecule has 3 aliphatic rings. The number of urea groups is 1. The summed E-state index contributed by atoms with van der Waals surface area (Å²) in [6.45, 7) is 4.51. The van der Waals surface area contributed by atoms with Gasteiger partial charge in [-0.3, -0.25) is 15.1 Å². The van der Waals surface area contributed by atoms with Gasteiger partial charge in [0.1, 0.15) is 11.4 Å². The number of fused-ring (bicyclic) bond motifs is 3. The van der Waals surface area contributed by atoms with Crippen LogP contribution in [0.4, 0.5) is 16.2 Å². The number of imidazole rings is 1. The number of aromatic hydroxyl groups is 1. The molecule has 240 valence electrons. The third kappa shape index (κ3) is 5.15. The van der Waals surface area contributed by atoms with Gasteiger partial charge in [0, 0.05) is 42.8 Å². The lowest BCUT2D eigenvalue weighted by Gasteiger charge is -2.36. The number of carbonyl (C=O) groups is 2. The molecule has 11 heteroatoms. The van der Waals surface area contributed by atoms with Crippen molar-refractivity contribution in [1.29, 1.82) is 0 Å². The summed E-state index contributed by atoms with van der Waals surface area (Å²) < 4.78 is 13.3. The van der Waals surface area contributed by atoms with Gasteiger partial charge >= 0.3 is 6.03 Å². The Morgan fingerprint density at radius 1 is 0.979 bits per heavy atom. The van der Waals surface area contributed by atoms with E-state index in [0.717, 1.165) is 17.7 Å². The summed E-state index contributed by atoms with van der Waals surface area (Å²) in [5.74, 6) is 0.950. The van der Waals surface area contributed by atoms with Crippen LogP contribution in [-0.4, -0.2) is 49.2 Å². The molecule has 0 fully saturated rings. The number of phenolic OH excluding ortho intramolecular Hbond substituents is 1. The molecule has 5 heterocycles. The number of nitrogens with one attached hydrogen (secondary N) is 1. The maximum absolute atomic E-state index is 14.4. The lowest BCUT2D eigenvalue weighted by atomic mass is 9.93. The Morgan fingerprint density at radius 3 is 2.56 bits per heavy atom. The van der Waals surface area contributed by atoms with E-state index in [9.17, 15) is 14.7 Å². The number of phenols is 1. The minimum absolute atomic E-state index is 0.0213. The standard InChI is InChI=1S/C37H32N6O5/c1-23-20-40-15-13-28(17-35(40)38-23)43(27-9-11-29(44)12-10-27)37(46)42-14-5-8-32(39-42)30-18-33-34(48-22-47-33)19-31(30)36(45)41-21-26-7-4-3-6-25(26)16-24(41)2/h3-15,17-20,24,39,44H,16,21-22H2,1-2H3/t24-/m1/s1. The summed E-state index contributed by atoms with van der Waals surface area (Å²) >= 11 is 0. The van der Waals surface area contributed by atoms with Crippen LogP contribution in [0.3, 0.4) is 0 Å². The Kier molecular flexibility index (Phi) is 7.01. The van der Waals surface area contributed by atoms with Crippen molar-refractivity contribution >= 4 is 34.7 Å². The Morgan fingerprint density at radius 2 is 1.75 bits per heavy atom. The van der Waals surface area contributed by atoms with E-state index in [1.165, 1.54) is 27.6 Å². The van der Waals surface area contributed by atoms with Crippen LogP contribution in [-0.2, 0) is 13.0 Å². The topological polar surface area (TPSA) is 112 Å². The first-order valence-electron chi connectivity index (χ1n) is 15.7. The molecule has 2 aromatic heterocycles. The highest BCUT2D eigenvalue weighted by Crippen LogP contribution is 2.39. The van der Waals surface area contributed by atoms with Crippen LogP contribution < -0.4 is 19.8 Å². The van der Waals surface area contributed by atoms with Crippen LogP contribution in [0.15, 0.2) is 104 Å². The van der Waals surface area contributed by atoms with E-state index in [-0.39, 0.29) is 24.5 Å². The average molecular weight is 641 g/mol. The summed E-state index contributed by atoms with van der Waals surface area (Å²) in [7, 11) is 0. The molecule has 0 bridgehead atoms. The van der Waals surface area contributed by atoms with Gasteiger partial charge in [-0.15, -0.1) is 0 Å². The third-order valence-electron chi connectivity index (χ3n) is 8.87. The fourth-order valence-electron chi connectivity index (χ4n) is 6.45. The van der Waals surface area contributed by atoms with Crippen molar-refractivity contribution in [3.8, 4) is 17.2 Å². The molecule has 5 aromatic rings. The molecule has 11 nitrogen and oxygen atoms in total. The molecule has 8 rings (SSSR count). The molecule has 0 saturated heterocycles. The van der Waals surface area contributed by atoms with Crippen LogP contribution >= 0.6 is 0 Å². The van der Waals surface area contributed by atoms with E-state index in [4.69, 9.17) is 9.47 Å². The first kappa shape index (κ1) is 29.2. The Labute approximate surface area is 276 Å². The first-order chi connectivity index (χ1) is 23.3. The number of hydrogen-bond donors (Lipinski definition) is 2. The lowest BCUT2D eigenvalue weighted by molar-refractivity contribution is 0.0657. The van der Waals surface area contributed by atoms with Crippen LogP contribution in [0.5, 0.6) is 17.2 Å².